The first-order valence-electron chi connectivity index (χ1n) is 9.05. The molecule has 2 aromatic carbocycles. The fourth-order valence-corrected chi connectivity index (χ4v) is 3.88. The minimum Gasteiger partial charge on any atom is -0.467 e. The molecule has 0 spiro atoms. The maximum absolute atomic E-state index is 12.4. The number of hydrogen-bond acceptors (Lipinski definition) is 5. The number of amides is 1. The second-order valence-electron chi connectivity index (χ2n) is 6.64. The van der Waals surface area contributed by atoms with Gasteiger partial charge in [0.05, 0.1) is 11.2 Å². The summed E-state index contributed by atoms with van der Waals surface area (Å²) < 4.78 is 32.3. The number of carbonyl (C=O) groups is 1. The van der Waals surface area contributed by atoms with Gasteiger partial charge in [0.15, 0.2) is 0 Å². The number of hydrogen-bond donors (Lipinski definition) is 3. The quantitative estimate of drug-likeness (QED) is 0.524. The molecule has 0 bridgehead atoms. The molecule has 29 heavy (non-hydrogen) atoms. The molecule has 0 aliphatic carbocycles. The van der Waals surface area contributed by atoms with Crippen molar-refractivity contribution in [3.05, 3.63) is 84.3 Å². The van der Waals surface area contributed by atoms with Gasteiger partial charge in [0, 0.05) is 23.7 Å². The highest BCUT2D eigenvalue weighted by atomic mass is 32.2. The van der Waals surface area contributed by atoms with Crippen molar-refractivity contribution in [3.8, 4) is 0 Å². The van der Waals surface area contributed by atoms with Crippen LogP contribution in [0.3, 0.4) is 0 Å². The third-order valence-corrected chi connectivity index (χ3v) is 5.68. The number of sulfonamides is 1. The van der Waals surface area contributed by atoms with Gasteiger partial charge < -0.3 is 14.8 Å². The molecule has 1 amide bonds. The first kappa shape index (κ1) is 20.6. The Morgan fingerprint density at radius 2 is 1.72 bits per heavy atom. The highest BCUT2D eigenvalue weighted by Gasteiger charge is 2.18. The summed E-state index contributed by atoms with van der Waals surface area (Å²) in [6, 6.07) is 17.2. The van der Waals surface area contributed by atoms with Gasteiger partial charge in [-0.15, -0.1) is 0 Å². The molecule has 0 saturated carbocycles. The van der Waals surface area contributed by atoms with Crippen molar-refractivity contribution in [2.24, 2.45) is 0 Å². The zero-order valence-corrected chi connectivity index (χ0v) is 16.6. The van der Waals surface area contributed by atoms with Crippen LogP contribution in [-0.2, 0) is 10.0 Å². The van der Waals surface area contributed by atoms with E-state index >= 15 is 0 Å². The molecule has 0 saturated heterocycles. The van der Waals surface area contributed by atoms with E-state index in [1.54, 1.807) is 37.3 Å². The average Bonchev–Trinajstić information content (AvgIpc) is 3.24. The Morgan fingerprint density at radius 3 is 2.34 bits per heavy atom. The van der Waals surface area contributed by atoms with Crippen molar-refractivity contribution in [3.63, 3.8) is 0 Å². The van der Waals surface area contributed by atoms with Gasteiger partial charge in [-0.3, -0.25) is 9.52 Å². The smallest absolute Gasteiger partial charge is 0.261 e. The molecule has 0 fully saturated rings. The third kappa shape index (κ3) is 5.46. The Bertz CT molecular complexity index is 1030. The third-order valence-electron chi connectivity index (χ3n) is 4.28. The summed E-state index contributed by atoms with van der Waals surface area (Å²) in [5.41, 5.74) is 0.735. The van der Waals surface area contributed by atoms with Crippen LogP contribution in [0.15, 0.2) is 82.3 Å². The van der Waals surface area contributed by atoms with Gasteiger partial charge in [-0.05, 0) is 55.5 Å². The highest BCUT2D eigenvalue weighted by molar-refractivity contribution is 7.92. The van der Waals surface area contributed by atoms with Gasteiger partial charge in [0.1, 0.15) is 11.9 Å². The van der Waals surface area contributed by atoms with E-state index in [1.807, 2.05) is 0 Å². The number of furan rings is 1. The summed E-state index contributed by atoms with van der Waals surface area (Å²) in [5, 5.41) is 12.9. The van der Waals surface area contributed by atoms with Gasteiger partial charge in [-0.1, -0.05) is 18.2 Å². The molecule has 1 aromatic heterocycles. The second-order valence-corrected chi connectivity index (χ2v) is 8.32. The number of benzene rings is 2. The molecular weight excluding hydrogens is 392 g/mol. The lowest BCUT2D eigenvalue weighted by molar-refractivity contribution is 0.0903. The van der Waals surface area contributed by atoms with Gasteiger partial charge in [-0.25, -0.2) is 8.42 Å². The lowest BCUT2D eigenvalue weighted by atomic mass is 10.1. The van der Waals surface area contributed by atoms with Crippen LogP contribution in [-0.4, -0.2) is 25.5 Å². The van der Waals surface area contributed by atoms with Gasteiger partial charge in [0.2, 0.25) is 0 Å². The molecular formula is C21H22N2O5S. The van der Waals surface area contributed by atoms with E-state index in [4.69, 9.17) is 4.42 Å². The number of carbonyl (C=O) groups excluding carboxylic acids is 1. The normalized spacial score (nSPS) is 13.4. The van der Waals surface area contributed by atoms with Crippen LogP contribution in [0.25, 0.3) is 0 Å². The maximum Gasteiger partial charge on any atom is 0.261 e. The largest absolute Gasteiger partial charge is 0.467 e. The number of aliphatic hydroxyl groups is 1. The lowest BCUT2D eigenvalue weighted by Gasteiger charge is -2.17. The molecule has 1 heterocycles. The Balaban J connectivity index is 1.58. The van der Waals surface area contributed by atoms with Crippen molar-refractivity contribution >= 4 is 21.6 Å². The fourth-order valence-electron chi connectivity index (χ4n) is 2.80. The summed E-state index contributed by atoms with van der Waals surface area (Å²) in [5.74, 6) is 0.128. The van der Waals surface area contributed by atoms with Crippen LogP contribution >= 0.6 is 0 Å². The number of nitrogens with one attached hydrogen (secondary N) is 2. The van der Waals surface area contributed by atoms with E-state index in [0.29, 0.717) is 23.4 Å². The van der Waals surface area contributed by atoms with Crippen LogP contribution in [0, 0.1) is 0 Å². The standard InChI is InChI=1S/C21H22N2O5S/c1-15(14-19(24)20-8-5-13-28-20)22-21(25)16-9-11-17(12-10-16)23-29(26,27)18-6-3-2-4-7-18/h2-13,15,19,23-24H,14H2,1H3,(H,22,25)/t15-,19+/m0/s1. The summed E-state index contributed by atoms with van der Waals surface area (Å²) in [4.78, 5) is 12.5. The fraction of sp³-hybridized carbons (Fsp3) is 0.190. The molecule has 3 rings (SSSR count). The molecule has 0 unspecified atom stereocenters. The van der Waals surface area contributed by atoms with E-state index < -0.39 is 16.1 Å². The Labute approximate surface area is 169 Å². The first-order chi connectivity index (χ1) is 13.8. The van der Waals surface area contributed by atoms with Crippen LogP contribution < -0.4 is 10.0 Å². The van der Waals surface area contributed by atoms with Crippen molar-refractivity contribution in [1.29, 1.82) is 0 Å². The molecule has 152 valence electrons. The second kappa shape index (κ2) is 8.93. The van der Waals surface area contributed by atoms with E-state index in [0.717, 1.165) is 0 Å². The predicted molar refractivity (Wildman–Crippen MR) is 109 cm³/mol. The van der Waals surface area contributed by atoms with E-state index in [1.165, 1.54) is 42.7 Å². The molecule has 0 aliphatic rings. The molecule has 2 atom stereocenters. The molecule has 0 radical (unpaired) electrons. The predicted octanol–water partition coefficient (Wildman–Crippen LogP) is 3.32. The molecule has 3 N–H and O–H groups in total. The minimum atomic E-state index is -3.69. The van der Waals surface area contributed by atoms with Crippen molar-refractivity contribution in [1.82, 2.24) is 5.32 Å². The highest BCUT2D eigenvalue weighted by Crippen LogP contribution is 2.19. The SMILES string of the molecule is C[C@@H](C[C@@H](O)c1ccco1)NC(=O)c1ccc(NS(=O)(=O)c2ccccc2)cc1. The zero-order valence-electron chi connectivity index (χ0n) is 15.8. The van der Waals surface area contributed by atoms with Crippen molar-refractivity contribution < 1.29 is 22.7 Å². The average molecular weight is 414 g/mol. The van der Waals surface area contributed by atoms with E-state index in [-0.39, 0.29) is 16.8 Å². The van der Waals surface area contributed by atoms with E-state index in [2.05, 4.69) is 10.0 Å². The number of anilines is 1. The van der Waals surface area contributed by atoms with Crippen molar-refractivity contribution in [2.45, 2.75) is 30.4 Å². The molecule has 8 heteroatoms. The number of rotatable bonds is 8. The zero-order chi connectivity index (χ0) is 20.9. The van der Waals surface area contributed by atoms with Crippen molar-refractivity contribution in [2.75, 3.05) is 4.72 Å². The Hall–Kier alpha value is -3.10. The summed E-state index contributed by atoms with van der Waals surface area (Å²) in [6.07, 6.45) is 0.971. The molecule has 0 aliphatic heterocycles. The topological polar surface area (TPSA) is 109 Å². The van der Waals surface area contributed by atoms with Crippen LogP contribution in [0.4, 0.5) is 5.69 Å². The monoisotopic (exact) mass is 414 g/mol. The Morgan fingerprint density at radius 1 is 1.03 bits per heavy atom. The number of aliphatic hydroxyl groups excluding tert-OH is 1. The van der Waals surface area contributed by atoms with Gasteiger partial charge in [-0.2, -0.15) is 0 Å². The lowest BCUT2D eigenvalue weighted by Crippen LogP contribution is -2.33. The summed E-state index contributed by atoms with van der Waals surface area (Å²) in [7, 11) is -3.69. The Kier molecular flexibility index (Phi) is 6.36. The van der Waals surface area contributed by atoms with Crippen LogP contribution in [0.2, 0.25) is 0 Å². The molecule has 7 nitrogen and oxygen atoms in total. The maximum atomic E-state index is 12.4. The molecule has 3 aromatic rings. The van der Waals surface area contributed by atoms with Crippen LogP contribution in [0.5, 0.6) is 0 Å². The van der Waals surface area contributed by atoms with Gasteiger partial charge in [0.25, 0.3) is 15.9 Å². The minimum absolute atomic E-state index is 0.158. The van der Waals surface area contributed by atoms with Crippen LogP contribution in [0.1, 0.15) is 35.6 Å². The summed E-state index contributed by atoms with van der Waals surface area (Å²) in [6.45, 7) is 1.78. The first-order valence-corrected chi connectivity index (χ1v) is 10.5. The van der Waals surface area contributed by atoms with E-state index in [9.17, 15) is 18.3 Å². The van der Waals surface area contributed by atoms with Gasteiger partial charge >= 0.3 is 0 Å². The summed E-state index contributed by atoms with van der Waals surface area (Å²) >= 11 is 0.